The summed E-state index contributed by atoms with van der Waals surface area (Å²) in [6, 6.07) is 10.1. The van der Waals surface area contributed by atoms with E-state index >= 15 is 0 Å². The molecule has 31 heavy (non-hydrogen) atoms. The molecule has 0 unspecified atom stereocenters. The molecule has 3 heterocycles. The van der Waals surface area contributed by atoms with Gasteiger partial charge in [-0.2, -0.15) is 0 Å². The Bertz CT molecular complexity index is 1050. The van der Waals surface area contributed by atoms with Gasteiger partial charge in [0.25, 0.3) is 11.5 Å². The van der Waals surface area contributed by atoms with Crippen LogP contribution in [-0.4, -0.2) is 46.4 Å². The van der Waals surface area contributed by atoms with Crippen LogP contribution in [0.3, 0.4) is 0 Å². The fraction of sp³-hybridized carbons (Fsp3) is 0.458. The number of hydrogen-bond acceptors (Lipinski definition) is 5. The van der Waals surface area contributed by atoms with Crippen molar-refractivity contribution in [3.8, 4) is 0 Å². The molecule has 1 saturated heterocycles. The first-order chi connectivity index (χ1) is 15.2. The average molecular weight is 439 g/mol. The number of thiazole rings is 1. The average Bonchev–Trinajstić information content (AvgIpc) is 3.21. The maximum atomic E-state index is 12.8. The molecule has 2 aromatic heterocycles. The highest BCUT2D eigenvalue weighted by atomic mass is 32.1. The lowest BCUT2D eigenvalue weighted by Crippen LogP contribution is -2.32. The molecule has 1 fully saturated rings. The van der Waals surface area contributed by atoms with Gasteiger partial charge in [-0.3, -0.25) is 14.0 Å². The van der Waals surface area contributed by atoms with E-state index in [-0.39, 0.29) is 17.0 Å². The molecule has 4 rings (SSSR count). The minimum absolute atomic E-state index is 0.106. The van der Waals surface area contributed by atoms with E-state index in [0.717, 1.165) is 37.1 Å². The van der Waals surface area contributed by atoms with Crippen molar-refractivity contribution in [2.75, 3.05) is 26.2 Å². The van der Waals surface area contributed by atoms with Gasteiger partial charge in [0.2, 0.25) is 0 Å². The Kier molecular flexibility index (Phi) is 7.48. The third-order valence-corrected chi connectivity index (χ3v) is 6.80. The Hall–Kier alpha value is -2.51. The summed E-state index contributed by atoms with van der Waals surface area (Å²) in [5.74, 6) is -0.335. The third-order valence-electron chi connectivity index (χ3n) is 5.81. The van der Waals surface area contributed by atoms with Crippen LogP contribution in [0.25, 0.3) is 4.96 Å². The predicted octanol–water partition coefficient (Wildman–Crippen LogP) is 3.73. The molecule has 0 bridgehead atoms. The molecule has 6 nitrogen and oxygen atoms in total. The summed E-state index contributed by atoms with van der Waals surface area (Å²) in [7, 11) is 0. The SMILES string of the molecule is O=C(NCCCCCN1CCCCC1)c1cnc2sc(Cc3ccccc3)cn2c1=O. The van der Waals surface area contributed by atoms with Crippen molar-refractivity contribution < 1.29 is 4.79 Å². The molecule has 1 aromatic carbocycles. The van der Waals surface area contributed by atoms with Gasteiger partial charge in [-0.25, -0.2) is 4.98 Å². The Balaban J connectivity index is 1.28. The second-order valence-electron chi connectivity index (χ2n) is 8.21. The zero-order valence-electron chi connectivity index (χ0n) is 17.9. The summed E-state index contributed by atoms with van der Waals surface area (Å²) < 4.78 is 1.50. The van der Waals surface area contributed by atoms with E-state index in [2.05, 4.69) is 27.3 Å². The molecule has 1 amide bonds. The maximum absolute atomic E-state index is 12.8. The Morgan fingerprint density at radius 2 is 1.87 bits per heavy atom. The number of benzene rings is 1. The minimum atomic E-state index is -0.335. The van der Waals surface area contributed by atoms with Crippen LogP contribution in [0, 0.1) is 0 Å². The highest BCUT2D eigenvalue weighted by Crippen LogP contribution is 2.18. The van der Waals surface area contributed by atoms with Crippen LogP contribution in [0.1, 0.15) is 59.3 Å². The number of carbonyl (C=O) groups excluding carboxylic acids is 1. The highest BCUT2D eigenvalue weighted by molar-refractivity contribution is 7.17. The van der Waals surface area contributed by atoms with Crippen LogP contribution < -0.4 is 10.9 Å². The number of likely N-dealkylation sites (tertiary alicyclic amines) is 1. The van der Waals surface area contributed by atoms with Gasteiger partial charge < -0.3 is 10.2 Å². The van der Waals surface area contributed by atoms with Gasteiger partial charge in [-0.05, 0) is 50.9 Å². The molecule has 0 radical (unpaired) electrons. The van der Waals surface area contributed by atoms with E-state index in [9.17, 15) is 9.59 Å². The van der Waals surface area contributed by atoms with E-state index in [1.54, 1.807) is 6.20 Å². The van der Waals surface area contributed by atoms with Crippen molar-refractivity contribution in [1.82, 2.24) is 19.6 Å². The summed E-state index contributed by atoms with van der Waals surface area (Å²) in [5, 5.41) is 2.89. The molecule has 3 aromatic rings. The number of fused-ring (bicyclic) bond motifs is 1. The van der Waals surface area contributed by atoms with Gasteiger partial charge in [0.15, 0.2) is 4.96 Å². The number of amides is 1. The summed E-state index contributed by atoms with van der Waals surface area (Å²) in [5.41, 5.74) is 0.985. The van der Waals surface area contributed by atoms with Crippen molar-refractivity contribution in [3.05, 3.63) is 69.1 Å². The number of rotatable bonds is 9. The Labute approximate surface area is 186 Å². The summed E-state index contributed by atoms with van der Waals surface area (Å²) in [4.78, 5) is 33.9. The zero-order chi connectivity index (χ0) is 21.5. The van der Waals surface area contributed by atoms with Crippen molar-refractivity contribution >= 4 is 22.2 Å². The fourth-order valence-corrected chi connectivity index (χ4v) is 5.05. The first kappa shape index (κ1) is 21.7. The lowest BCUT2D eigenvalue weighted by Gasteiger charge is -2.26. The second kappa shape index (κ2) is 10.7. The summed E-state index contributed by atoms with van der Waals surface area (Å²) in [6.45, 7) is 4.20. The van der Waals surface area contributed by atoms with Gasteiger partial charge >= 0.3 is 0 Å². The first-order valence-electron chi connectivity index (χ1n) is 11.3. The summed E-state index contributed by atoms with van der Waals surface area (Å²) in [6.07, 6.45) is 11.1. The molecular weight excluding hydrogens is 408 g/mol. The van der Waals surface area contributed by atoms with E-state index in [4.69, 9.17) is 0 Å². The highest BCUT2D eigenvalue weighted by Gasteiger charge is 2.15. The number of hydrogen-bond donors (Lipinski definition) is 1. The number of nitrogens with zero attached hydrogens (tertiary/aromatic N) is 3. The smallest absolute Gasteiger partial charge is 0.271 e. The predicted molar refractivity (Wildman–Crippen MR) is 125 cm³/mol. The van der Waals surface area contributed by atoms with Crippen LogP contribution in [0.2, 0.25) is 0 Å². The topological polar surface area (TPSA) is 66.7 Å². The molecule has 164 valence electrons. The zero-order valence-corrected chi connectivity index (χ0v) is 18.7. The normalized spacial score (nSPS) is 14.7. The quantitative estimate of drug-likeness (QED) is 0.517. The van der Waals surface area contributed by atoms with Crippen LogP contribution in [-0.2, 0) is 6.42 Å². The third kappa shape index (κ3) is 5.80. The largest absolute Gasteiger partial charge is 0.352 e. The molecule has 0 atom stereocenters. The van der Waals surface area contributed by atoms with Crippen molar-refractivity contribution in [2.45, 2.75) is 44.9 Å². The Morgan fingerprint density at radius 1 is 1.06 bits per heavy atom. The number of carbonyl (C=O) groups is 1. The number of piperidine rings is 1. The van der Waals surface area contributed by atoms with Crippen molar-refractivity contribution in [2.24, 2.45) is 0 Å². The standard InChI is InChI=1S/C24H30N4O2S/c29-22(25-12-6-2-7-13-27-14-8-3-9-15-27)21-17-26-24-28(23(21)30)18-20(31-24)16-19-10-4-1-5-11-19/h1,4-5,10-11,17-18H,2-3,6-9,12-16H2,(H,25,29). The van der Waals surface area contributed by atoms with Crippen LogP contribution in [0.15, 0.2) is 47.5 Å². The first-order valence-corrected chi connectivity index (χ1v) is 12.1. The molecule has 1 aliphatic heterocycles. The van der Waals surface area contributed by atoms with Crippen molar-refractivity contribution in [3.63, 3.8) is 0 Å². The number of aromatic nitrogens is 2. The van der Waals surface area contributed by atoms with E-state index in [1.807, 2.05) is 18.2 Å². The molecule has 0 aliphatic carbocycles. The molecule has 1 N–H and O–H groups in total. The lowest BCUT2D eigenvalue weighted by molar-refractivity contribution is 0.0950. The van der Waals surface area contributed by atoms with Gasteiger partial charge in [0, 0.05) is 30.2 Å². The van der Waals surface area contributed by atoms with E-state index in [0.29, 0.717) is 11.5 Å². The molecule has 0 saturated carbocycles. The van der Waals surface area contributed by atoms with Gasteiger partial charge in [0.1, 0.15) is 5.56 Å². The van der Waals surface area contributed by atoms with E-state index in [1.165, 1.54) is 59.8 Å². The lowest BCUT2D eigenvalue weighted by atomic mass is 10.1. The maximum Gasteiger partial charge on any atom is 0.271 e. The summed E-state index contributed by atoms with van der Waals surface area (Å²) >= 11 is 1.48. The molecule has 1 aliphatic rings. The molecule has 0 spiro atoms. The van der Waals surface area contributed by atoms with Gasteiger partial charge in [-0.1, -0.05) is 43.2 Å². The van der Waals surface area contributed by atoms with Gasteiger partial charge in [-0.15, -0.1) is 11.3 Å². The van der Waals surface area contributed by atoms with Gasteiger partial charge in [0.05, 0.1) is 0 Å². The number of nitrogens with one attached hydrogen (secondary N) is 1. The van der Waals surface area contributed by atoms with E-state index < -0.39 is 0 Å². The Morgan fingerprint density at radius 3 is 2.68 bits per heavy atom. The van der Waals surface area contributed by atoms with Crippen molar-refractivity contribution in [1.29, 1.82) is 0 Å². The minimum Gasteiger partial charge on any atom is -0.352 e. The van der Waals surface area contributed by atoms with Crippen LogP contribution in [0.4, 0.5) is 0 Å². The fourth-order valence-electron chi connectivity index (χ4n) is 4.08. The second-order valence-corrected chi connectivity index (χ2v) is 9.30. The molecule has 7 heteroatoms. The molecular formula is C24H30N4O2S. The van der Waals surface area contributed by atoms with Crippen LogP contribution >= 0.6 is 11.3 Å². The number of unbranched alkanes of at least 4 members (excludes halogenated alkanes) is 2. The monoisotopic (exact) mass is 438 g/mol. The van der Waals surface area contributed by atoms with Crippen LogP contribution in [0.5, 0.6) is 0 Å².